The summed E-state index contributed by atoms with van der Waals surface area (Å²) in [6.45, 7) is 4.46. The van der Waals surface area contributed by atoms with Gasteiger partial charge in [-0.3, -0.25) is 0 Å². The summed E-state index contributed by atoms with van der Waals surface area (Å²) in [4.78, 5) is 1.98. The van der Waals surface area contributed by atoms with Crippen LogP contribution >= 0.6 is 0 Å². The molecular formula is C14H30FGa. The molecule has 0 aliphatic rings. The summed E-state index contributed by atoms with van der Waals surface area (Å²) in [6, 6.07) is 0. The first-order valence-corrected chi connectivity index (χ1v) is 11.8. The molecule has 0 atom stereocenters. The van der Waals surface area contributed by atoms with E-state index in [0.717, 1.165) is 9.95 Å². The first-order chi connectivity index (χ1) is 7.81. The van der Waals surface area contributed by atoms with Crippen LogP contribution in [-0.2, 0) is 0 Å². The number of rotatable bonds is 12. The van der Waals surface area contributed by atoms with Gasteiger partial charge < -0.3 is 0 Å². The molecule has 0 bridgehead atoms. The second-order valence-corrected chi connectivity index (χ2v) is 9.93. The van der Waals surface area contributed by atoms with E-state index >= 15 is 0 Å². The minimum atomic E-state index is -2.25. The van der Waals surface area contributed by atoms with Crippen LogP contribution in [0.5, 0.6) is 0 Å². The van der Waals surface area contributed by atoms with Crippen LogP contribution in [-0.4, -0.2) is 16.7 Å². The van der Waals surface area contributed by atoms with Crippen molar-refractivity contribution in [1.82, 2.24) is 0 Å². The molecule has 0 radical (unpaired) electrons. The van der Waals surface area contributed by atoms with Crippen molar-refractivity contribution in [3.05, 3.63) is 0 Å². The Kier molecular flexibility index (Phi) is 14.1. The zero-order valence-electron chi connectivity index (χ0n) is 11.4. The van der Waals surface area contributed by atoms with E-state index in [4.69, 9.17) is 0 Å². The predicted molar refractivity (Wildman–Crippen MR) is 74.0 cm³/mol. The maximum absolute atomic E-state index is 13.6. The van der Waals surface area contributed by atoms with Crippen LogP contribution in [0.15, 0.2) is 0 Å². The fraction of sp³-hybridized carbons (Fsp3) is 1.00. The predicted octanol–water partition coefficient (Wildman–Crippen LogP) is 5.89. The van der Waals surface area contributed by atoms with Crippen LogP contribution in [0.2, 0.25) is 9.95 Å². The molecule has 0 saturated carbocycles. The number of hydrogen-bond donors (Lipinski definition) is 0. The number of unbranched alkanes of at least 4 members (excludes halogenated alkanes) is 8. The molecule has 0 aromatic carbocycles. The molecule has 0 aromatic rings. The molecule has 0 N–H and O–H groups in total. The topological polar surface area (TPSA) is 0 Å². The molecule has 0 fully saturated rings. The first-order valence-electron chi connectivity index (χ1n) is 7.45. The van der Waals surface area contributed by atoms with Crippen LogP contribution < -0.4 is 0 Å². The standard InChI is InChI=1S/2C7H15.FH.Ga/c2*1-3-5-7-6-4-2;;/h2*1,3-7H2,2H3;1H;/q;;;+1/p-1. The molecule has 0 unspecified atom stereocenters. The minimum absolute atomic E-state index is 0.991. The summed E-state index contributed by atoms with van der Waals surface area (Å²) in [6.07, 6.45) is 12.8. The summed E-state index contributed by atoms with van der Waals surface area (Å²) < 4.78 is 13.6. The third kappa shape index (κ3) is 12.6. The summed E-state index contributed by atoms with van der Waals surface area (Å²) in [5.41, 5.74) is 0. The van der Waals surface area contributed by atoms with Gasteiger partial charge in [-0.25, -0.2) is 0 Å². The van der Waals surface area contributed by atoms with E-state index in [1.807, 2.05) is 0 Å². The third-order valence-electron chi connectivity index (χ3n) is 3.24. The second-order valence-electron chi connectivity index (χ2n) is 5.00. The molecule has 0 rings (SSSR count). The van der Waals surface area contributed by atoms with Gasteiger partial charge in [-0.15, -0.1) is 0 Å². The van der Waals surface area contributed by atoms with Gasteiger partial charge in [-0.1, -0.05) is 0 Å². The first kappa shape index (κ1) is 16.6. The molecule has 96 valence electrons. The quantitative estimate of drug-likeness (QED) is 0.310. The zero-order valence-corrected chi connectivity index (χ0v) is 13.9. The molecule has 0 amide bonds. The van der Waals surface area contributed by atoms with Gasteiger partial charge in [-0.05, 0) is 0 Å². The Bertz CT molecular complexity index is 114. The normalized spacial score (nSPS) is 10.7. The van der Waals surface area contributed by atoms with E-state index in [1.54, 1.807) is 0 Å². The zero-order chi connectivity index (χ0) is 12.1. The van der Waals surface area contributed by atoms with Crippen molar-refractivity contribution in [3.8, 4) is 0 Å². The van der Waals surface area contributed by atoms with Crippen LogP contribution in [0.25, 0.3) is 0 Å². The average molecular weight is 287 g/mol. The van der Waals surface area contributed by atoms with E-state index in [1.165, 1.54) is 64.2 Å². The molecule has 0 aliphatic carbocycles. The van der Waals surface area contributed by atoms with Crippen LogP contribution in [0.3, 0.4) is 0 Å². The SMILES string of the molecule is CCCCCC[CH2][Ga]([F])[CH2]CCCCCC. The molecule has 0 saturated heterocycles. The van der Waals surface area contributed by atoms with Gasteiger partial charge in [0.2, 0.25) is 0 Å². The van der Waals surface area contributed by atoms with E-state index in [-0.39, 0.29) is 0 Å². The summed E-state index contributed by atoms with van der Waals surface area (Å²) in [5.74, 6) is 0. The average Bonchev–Trinajstić information content (AvgIpc) is 2.28. The summed E-state index contributed by atoms with van der Waals surface area (Å²) >= 11 is -2.25. The van der Waals surface area contributed by atoms with Gasteiger partial charge in [0.25, 0.3) is 0 Å². The van der Waals surface area contributed by atoms with Gasteiger partial charge in [0.15, 0.2) is 0 Å². The van der Waals surface area contributed by atoms with Crippen molar-refractivity contribution in [2.45, 2.75) is 88.0 Å². The van der Waals surface area contributed by atoms with Crippen molar-refractivity contribution in [3.63, 3.8) is 0 Å². The summed E-state index contributed by atoms with van der Waals surface area (Å²) in [5, 5.41) is 0. The Morgan fingerprint density at radius 1 is 0.625 bits per heavy atom. The van der Waals surface area contributed by atoms with Crippen molar-refractivity contribution in [1.29, 1.82) is 0 Å². The third-order valence-corrected chi connectivity index (χ3v) is 7.58. The number of halogens is 1. The molecule has 0 nitrogen and oxygen atoms in total. The molecule has 16 heavy (non-hydrogen) atoms. The second kappa shape index (κ2) is 13.6. The van der Waals surface area contributed by atoms with Crippen LogP contribution in [0.4, 0.5) is 3.29 Å². The van der Waals surface area contributed by atoms with Crippen LogP contribution in [0, 0.1) is 0 Å². The Labute approximate surface area is 108 Å². The van der Waals surface area contributed by atoms with Gasteiger partial charge in [-0.2, -0.15) is 0 Å². The summed E-state index contributed by atoms with van der Waals surface area (Å²) in [7, 11) is 0. The van der Waals surface area contributed by atoms with Crippen molar-refractivity contribution in [2.24, 2.45) is 0 Å². The van der Waals surface area contributed by atoms with E-state index < -0.39 is 16.7 Å². The van der Waals surface area contributed by atoms with Crippen molar-refractivity contribution >= 4 is 16.7 Å². The molecule has 2 heteroatoms. The monoisotopic (exact) mass is 286 g/mol. The molecule has 0 spiro atoms. The molecular weight excluding hydrogens is 257 g/mol. The number of hydrogen-bond acceptors (Lipinski definition) is 0. The van der Waals surface area contributed by atoms with Gasteiger partial charge in [0.05, 0.1) is 0 Å². The van der Waals surface area contributed by atoms with E-state index in [2.05, 4.69) is 13.8 Å². The van der Waals surface area contributed by atoms with E-state index in [9.17, 15) is 3.29 Å². The maximum atomic E-state index is 13.6. The van der Waals surface area contributed by atoms with Crippen LogP contribution in [0.1, 0.15) is 78.1 Å². The Morgan fingerprint density at radius 3 is 1.38 bits per heavy atom. The van der Waals surface area contributed by atoms with Gasteiger partial charge in [0.1, 0.15) is 0 Å². The molecule has 0 aromatic heterocycles. The Morgan fingerprint density at radius 2 is 1.00 bits per heavy atom. The Balaban J connectivity index is 3.09. The molecule has 0 heterocycles. The fourth-order valence-electron chi connectivity index (χ4n) is 2.08. The van der Waals surface area contributed by atoms with E-state index in [0.29, 0.717) is 0 Å². The fourth-order valence-corrected chi connectivity index (χ4v) is 5.76. The van der Waals surface area contributed by atoms with Gasteiger partial charge >= 0.3 is 108 Å². The van der Waals surface area contributed by atoms with Crippen molar-refractivity contribution in [2.75, 3.05) is 0 Å². The van der Waals surface area contributed by atoms with Gasteiger partial charge in [0, 0.05) is 0 Å². The molecule has 0 aliphatic heterocycles. The van der Waals surface area contributed by atoms with Crippen molar-refractivity contribution < 1.29 is 3.29 Å². The Hall–Kier alpha value is 0.566.